The van der Waals surface area contributed by atoms with E-state index in [0.29, 0.717) is 11.1 Å². The fraction of sp³-hybridized carbons (Fsp3) is 0. The summed E-state index contributed by atoms with van der Waals surface area (Å²) >= 11 is 0. The molecule has 0 saturated heterocycles. The quantitative estimate of drug-likeness (QED) is 0.574. The van der Waals surface area contributed by atoms with E-state index in [1.165, 1.54) is 24.3 Å². The number of nitrogens with two attached hydrogens (primary N) is 1. The van der Waals surface area contributed by atoms with E-state index in [9.17, 15) is 13.9 Å². The second-order valence-electron chi connectivity index (χ2n) is 3.43. The number of halogens is 2. The standard InChI is InChI=1S/C12H9F2NO/c13-9-3-8(4-10(14)6-9)7-1-2-11(15)12(16)5-7/h1-6,16H,15H2. The van der Waals surface area contributed by atoms with Crippen LogP contribution in [0.1, 0.15) is 0 Å². The molecule has 3 N–H and O–H groups in total. The zero-order chi connectivity index (χ0) is 11.7. The number of benzene rings is 2. The SMILES string of the molecule is Nc1ccc(-c2cc(F)cc(F)c2)cc1O. The van der Waals surface area contributed by atoms with E-state index >= 15 is 0 Å². The minimum Gasteiger partial charge on any atom is -0.506 e. The monoisotopic (exact) mass is 221 g/mol. The number of phenols is 1. The molecular weight excluding hydrogens is 212 g/mol. The average molecular weight is 221 g/mol. The second-order valence-corrected chi connectivity index (χ2v) is 3.43. The van der Waals surface area contributed by atoms with Gasteiger partial charge in [-0.25, -0.2) is 8.78 Å². The Bertz CT molecular complexity index is 520. The first kappa shape index (κ1) is 10.4. The molecule has 0 radical (unpaired) electrons. The molecule has 2 rings (SSSR count). The number of hydrogen-bond acceptors (Lipinski definition) is 2. The van der Waals surface area contributed by atoms with E-state index in [2.05, 4.69) is 0 Å². The van der Waals surface area contributed by atoms with Crippen molar-refractivity contribution < 1.29 is 13.9 Å². The van der Waals surface area contributed by atoms with E-state index in [-0.39, 0.29) is 11.4 Å². The molecule has 0 bridgehead atoms. The van der Waals surface area contributed by atoms with Gasteiger partial charge >= 0.3 is 0 Å². The van der Waals surface area contributed by atoms with Crippen LogP contribution >= 0.6 is 0 Å². The molecule has 2 aromatic carbocycles. The lowest BCUT2D eigenvalue weighted by atomic mass is 10.0. The van der Waals surface area contributed by atoms with Gasteiger partial charge in [-0.05, 0) is 35.4 Å². The maximum Gasteiger partial charge on any atom is 0.139 e. The Kier molecular flexibility index (Phi) is 2.48. The normalized spacial score (nSPS) is 10.4. The highest BCUT2D eigenvalue weighted by Crippen LogP contribution is 2.28. The molecule has 0 atom stereocenters. The summed E-state index contributed by atoms with van der Waals surface area (Å²) in [5, 5.41) is 9.39. The summed E-state index contributed by atoms with van der Waals surface area (Å²) in [5.41, 5.74) is 6.51. The van der Waals surface area contributed by atoms with E-state index in [0.717, 1.165) is 6.07 Å². The van der Waals surface area contributed by atoms with E-state index < -0.39 is 11.6 Å². The topological polar surface area (TPSA) is 46.2 Å². The molecule has 0 unspecified atom stereocenters. The summed E-state index contributed by atoms with van der Waals surface area (Å²) in [6, 6.07) is 7.60. The molecule has 0 aromatic heterocycles. The number of rotatable bonds is 1. The molecule has 0 amide bonds. The molecule has 0 fully saturated rings. The molecule has 0 spiro atoms. The maximum absolute atomic E-state index is 13.0. The molecule has 0 aliphatic rings. The average Bonchev–Trinajstić information content (AvgIpc) is 2.20. The van der Waals surface area contributed by atoms with Gasteiger partial charge in [0.1, 0.15) is 17.4 Å². The van der Waals surface area contributed by atoms with Crippen molar-refractivity contribution in [2.75, 3.05) is 5.73 Å². The van der Waals surface area contributed by atoms with Gasteiger partial charge in [0.05, 0.1) is 5.69 Å². The Labute approximate surface area is 91.0 Å². The van der Waals surface area contributed by atoms with Crippen molar-refractivity contribution in [3.8, 4) is 16.9 Å². The Morgan fingerprint density at radius 2 is 1.50 bits per heavy atom. The molecular formula is C12H9F2NO. The van der Waals surface area contributed by atoms with Crippen LogP contribution in [0.15, 0.2) is 36.4 Å². The molecule has 16 heavy (non-hydrogen) atoms. The zero-order valence-electron chi connectivity index (χ0n) is 8.24. The Hall–Kier alpha value is -2.10. The number of anilines is 1. The fourth-order valence-electron chi connectivity index (χ4n) is 1.44. The van der Waals surface area contributed by atoms with Crippen molar-refractivity contribution in [2.24, 2.45) is 0 Å². The number of hydrogen-bond donors (Lipinski definition) is 2. The van der Waals surface area contributed by atoms with Gasteiger partial charge in [-0.1, -0.05) is 6.07 Å². The molecule has 0 heterocycles. The molecule has 4 heteroatoms. The molecule has 0 aliphatic heterocycles. The number of phenolic OH excluding ortho intramolecular Hbond substituents is 1. The number of nitrogen functional groups attached to an aromatic ring is 1. The summed E-state index contributed by atoms with van der Waals surface area (Å²) in [4.78, 5) is 0. The molecule has 2 aromatic rings. The summed E-state index contributed by atoms with van der Waals surface area (Å²) in [7, 11) is 0. The third kappa shape index (κ3) is 1.95. The lowest BCUT2D eigenvalue weighted by Gasteiger charge is -2.05. The predicted molar refractivity (Wildman–Crippen MR) is 57.9 cm³/mol. The summed E-state index contributed by atoms with van der Waals surface area (Å²) < 4.78 is 25.9. The van der Waals surface area contributed by atoms with Gasteiger partial charge in [-0.15, -0.1) is 0 Å². The summed E-state index contributed by atoms with van der Waals surface area (Å²) in [6.45, 7) is 0. The summed E-state index contributed by atoms with van der Waals surface area (Å²) in [6.07, 6.45) is 0. The van der Waals surface area contributed by atoms with Crippen LogP contribution in [0.3, 0.4) is 0 Å². The Morgan fingerprint density at radius 1 is 0.875 bits per heavy atom. The van der Waals surface area contributed by atoms with Crippen molar-refractivity contribution >= 4 is 5.69 Å². The second kappa shape index (κ2) is 3.81. The van der Waals surface area contributed by atoms with Crippen LogP contribution in [-0.4, -0.2) is 5.11 Å². The lowest BCUT2D eigenvalue weighted by molar-refractivity contribution is 0.478. The highest BCUT2D eigenvalue weighted by Gasteiger charge is 2.05. The minimum absolute atomic E-state index is 0.109. The Balaban J connectivity index is 2.54. The van der Waals surface area contributed by atoms with Crippen LogP contribution in [0.25, 0.3) is 11.1 Å². The molecule has 0 saturated carbocycles. The first-order chi connectivity index (χ1) is 7.56. The van der Waals surface area contributed by atoms with Gasteiger partial charge < -0.3 is 10.8 Å². The van der Waals surface area contributed by atoms with Crippen molar-refractivity contribution in [1.29, 1.82) is 0 Å². The van der Waals surface area contributed by atoms with E-state index in [4.69, 9.17) is 5.73 Å². The minimum atomic E-state index is -0.661. The van der Waals surface area contributed by atoms with Gasteiger partial charge in [0, 0.05) is 6.07 Å². The van der Waals surface area contributed by atoms with Gasteiger partial charge in [0.15, 0.2) is 0 Å². The van der Waals surface area contributed by atoms with Gasteiger partial charge in [-0.3, -0.25) is 0 Å². The third-order valence-corrected chi connectivity index (χ3v) is 2.23. The van der Waals surface area contributed by atoms with Gasteiger partial charge in [0.2, 0.25) is 0 Å². The van der Waals surface area contributed by atoms with Crippen molar-refractivity contribution in [3.63, 3.8) is 0 Å². The van der Waals surface area contributed by atoms with E-state index in [1.807, 2.05) is 0 Å². The van der Waals surface area contributed by atoms with Crippen molar-refractivity contribution in [3.05, 3.63) is 48.0 Å². The van der Waals surface area contributed by atoms with Gasteiger partial charge in [-0.2, -0.15) is 0 Å². The largest absolute Gasteiger partial charge is 0.506 e. The van der Waals surface area contributed by atoms with Crippen LogP contribution in [0, 0.1) is 11.6 Å². The maximum atomic E-state index is 13.0. The predicted octanol–water partition coefficient (Wildman–Crippen LogP) is 2.92. The zero-order valence-corrected chi connectivity index (χ0v) is 8.24. The Morgan fingerprint density at radius 3 is 2.06 bits per heavy atom. The highest BCUT2D eigenvalue weighted by atomic mass is 19.1. The van der Waals surface area contributed by atoms with Crippen LogP contribution in [0.5, 0.6) is 5.75 Å². The number of aromatic hydroxyl groups is 1. The summed E-state index contributed by atoms with van der Waals surface area (Å²) in [5.74, 6) is -1.43. The first-order valence-electron chi connectivity index (χ1n) is 4.61. The van der Waals surface area contributed by atoms with Crippen molar-refractivity contribution in [1.82, 2.24) is 0 Å². The molecule has 0 aliphatic carbocycles. The van der Waals surface area contributed by atoms with Crippen molar-refractivity contribution in [2.45, 2.75) is 0 Å². The van der Waals surface area contributed by atoms with Crippen LogP contribution < -0.4 is 5.73 Å². The molecule has 2 nitrogen and oxygen atoms in total. The van der Waals surface area contributed by atoms with Crippen LogP contribution in [0.2, 0.25) is 0 Å². The van der Waals surface area contributed by atoms with E-state index in [1.54, 1.807) is 6.07 Å². The highest BCUT2D eigenvalue weighted by molar-refractivity contribution is 5.69. The lowest BCUT2D eigenvalue weighted by Crippen LogP contribution is -1.87. The van der Waals surface area contributed by atoms with Gasteiger partial charge in [0.25, 0.3) is 0 Å². The fourth-order valence-corrected chi connectivity index (χ4v) is 1.44. The third-order valence-electron chi connectivity index (χ3n) is 2.23. The van der Waals surface area contributed by atoms with Crippen LogP contribution in [0.4, 0.5) is 14.5 Å². The molecule has 82 valence electrons. The smallest absolute Gasteiger partial charge is 0.139 e. The van der Waals surface area contributed by atoms with Crippen LogP contribution in [-0.2, 0) is 0 Å². The first-order valence-corrected chi connectivity index (χ1v) is 4.61.